The second-order valence-electron chi connectivity index (χ2n) is 5.61. The standard InChI is InChI=1S/C11H16F3N3O2S/c1-8-15-9(4-16(8)3)20(18,19)17-6-10(2,7-17)5-11(12,13)14/h4H,5-7H2,1-3H3. The molecule has 20 heavy (non-hydrogen) atoms. The van der Waals surface area contributed by atoms with Crippen LogP contribution in [0.4, 0.5) is 13.2 Å². The predicted molar refractivity (Wildman–Crippen MR) is 65.5 cm³/mol. The minimum atomic E-state index is -4.29. The van der Waals surface area contributed by atoms with Gasteiger partial charge in [0.15, 0.2) is 5.03 Å². The average Bonchev–Trinajstić information content (AvgIpc) is 2.54. The van der Waals surface area contributed by atoms with Gasteiger partial charge in [0.25, 0.3) is 10.0 Å². The molecule has 0 bridgehead atoms. The first kappa shape index (κ1) is 15.3. The summed E-state index contributed by atoms with van der Waals surface area (Å²) >= 11 is 0. The number of rotatable bonds is 3. The van der Waals surface area contributed by atoms with Gasteiger partial charge >= 0.3 is 6.18 Å². The largest absolute Gasteiger partial charge is 0.389 e. The van der Waals surface area contributed by atoms with Gasteiger partial charge in [0.2, 0.25) is 0 Å². The van der Waals surface area contributed by atoms with Crippen LogP contribution in [0.3, 0.4) is 0 Å². The maximum Gasteiger partial charge on any atom is 0.389 e. The lowest BCUT2D eigenvalue weighted by Crippen LogP contribution is -2.58. The number of imidazole rings is 1. The predicted octanol–water partition coefficient (Wildman–Crippen LogP) is 1.69. The van der Waals surface area contributed by atoms with Crippen molar-refractivity contribution in [3.05, 3.63) is 12.0 Å². The molecule has 0 amide bonds. The number of alkyl halides is 3. The fourth-order valence-electron chi connectivity index (χ4n) is 2.35. The Hall–Kier alpha value is -1.09. The molecule has 1 saturated heterocycles. The molecule has 114 valence electrons. The topological polar surface area (TPSA) is 55.2 Å². The summed E-state index contributed by atoms with van der Waals surface area (Å²) in [6.07, 6.45) is -3.90. The Morgan fingerprint density at radius 3 is 2.35 bits per heavy atom. The molecule has 0 radical (unpaired) electrons. The number of aromatic nitrogens is 2. The van der Waals surface area contributed by atoms with Gasteiger partial charge in [-0.15, -0.1) is 0 Å². The Balaban J connectivity index is 2.12. The minimum Gasteiger partial charge on any atom is -0.337 e. The molecule has 0 N–H and O–H groups in total. The molecule has 0 saturated carbocycles. The van der Waals surface area contributed by atoms with Crippen LogP contribution in [0.2, 0.25) is 0 Å². The average molecular weight is 311 g/mol. The van der Waals surface area contributed by atoms with Crippen LogP contribution in [0.15, 0.2) is 11.2 Å². The fourth-order valence-corrected chi connectivity index (χ4v) is 4.12. The molecule has 1 aromatic heterocycles. The zero-order valence-electron chi connectivity index (χ0n) is 11.4. The van der Waals surface area contributed by atoms with E-state index in [0.717, 1.165) is 4.31 Å². The van der Waals surface area contributed by atoms with E-state index in [2.05, 4.69) is 4.98 Å². The highest BCUT2D eigenvalue weighted by molar-refractivity contribution is 7.89. The van der Waals surface area contributed by atoms with E-state index in [1.807, 2.05) is 0 Å². The molecule has 1 aromatic rings. The molecule has 2 rings (SSSR count). The van der Waals surface area contributed by atoms with E-state index in [-0.39, 0.29) is 18.1 Å². The summed E-state index contributed by atoms with van der Waals surface area (Å²) in [5.41, 5.74) is -1.05. The van der Waals surface area contributed by atoms with Crippen molar-refractivity contribution in [1.82, 2.24) is 13.9 Å². The van der Waals surface area contributed by atoms with E-state index >= 15 is 0 Å². The van der Waals surface area contributed by atoms with Crippen LogP contribution in [0.1, 0.15) is 19.2 Å². The van der Waals surface area contributed by atoms with Crippen LogP contribution in [0.25, 0.3) is 0 Å². The molecular formula is C11H16F3N3O2S. The lowest BCUT2D eigenvalue weighted by atomic mass is 9.80. The summed E-state index contributed by atoms with van der Waals surface area (Å²) < 4.78 is 64.2. The van der Waals surface area contributed by atoms with Gasteiger partial charge in [-0.2, -0.15) is 17.5 Å². The zero-order chi connectivity index (χ0) is 15.3. The monoisotopic (exact) mass is 311 g/mol. The molecule has 0 spiro atoms. The Bertz CT molecular complexity index is 596. The van der Waals surface area contributed by atoms with E-state index in [9.17, 15) is 21.6 Å². The van der Waals surface area contributed by atoms with Crippen molar-refractivity contribution in [3.63, 3.8) is 0 Å². The van der Waals surface area contributed by atoms with Crippen LogP contribution in [-0.4, -0.2) is 41.5 Å². The van der Waals surface area contributed by atoms with Crippen LogP contribution >= 0.6 is 0 Å². The molecule has 2 heterocycles. The highest BCUT2D eigenvalue weighted by atomic mass is 32.2. The number of sulfonamides is 1. The highest BCUT2D eigenvalue weighted by Crippen LogP contribution is 2.42. The number of nitrogens with zero attached hydrogens (tertiary/aromatic N) is 3. The van der Waals surface area contributed by atoms with E-state index in [4.69, 9.17) is 0 Å². The van der Waals surface area contributed by atoms with Crippen molar-refractivity contribution in [2.75, 3.05) is 13.1 Å². The molecule has 0 aliphatic carbocycles. The molecule has 1 aliphatic heterocycles. The number of aryl methyl sites for hydroxylation is 2. The lowest BCUT2D eigenvalue weighted by Gasteiger charge is -2.46. The summed E-state index contributed by atoms with van der Waals surface area (Å²) in [5.74, 6) is 0.530. The summed E-state index contributed by atoms with van der Waals surface area (Å²) in [5, 5.41) is -0.119. The van der Waals surface area contributed by atoms with Crippen molar-refractivity contribution in [3.8, 4) is 0 Å². The first-order valence-electron chi connectivity index (χ1n) is 6.00. The number of halogens is 3. The Morgan fingerprint density at radius 1 is 1.40 bits per heavy atom. The van der Waals surface area contributed by atoms with Crippen LogP contribution in [-0.2, 0) is 17.1 Å². The van der Waals surface area contributed by atoms with Crippen molar-refractivity contribution < 1.29 is 21.6 Å². The zero-order valence-corrected chi connectivity index (χ0v) is 12.2. The highest BCUT2D eigenvalue weighted by Gasteiger charge is 2.51. The molecular weight excluding hydrogens is 295 g/mol. The van der Waals surface area contributed by atoms with Gasteiger partial charge in [0, 0.05) is 31.7 Å². The van der Waals surface area contributed by atoms with Crippen molar-refractivity contribution in [2.24, 2.45) is 12.5 Å². The smallest absolute Gasteiger partial charge is 0.337 e. The third-order valence-corrected chi connectivity index (χ3v) is 5.10. The summed E-state index contributed by atoms with van der Waals surface area (Å²) in [6.45, 7) is 2.83. The second-order valence-corrected chi connectivity index (χ2v) is 7.50. The minimum absolute atomic E-state index is 0.119. The van der Waals surface area contributed by atoms with Gasteiger partial charge < -0.3 is 4.57 Å². The summed E-state index contributed by atoms with van der Waals surface area (Å²) in [4.78, 5) is 3.92. The van der Waals surface area contributed by atoms with Gasteiger partial charge in [-0.1, -0.05) is 6.92 Å². The molecule has 0 aromatic carbocycles. The molecule has 1 aliphatic rings. The van der Waals surface area contributed by atoms with E-state index in [1.54, 1.807) is 18.5 Å². The Morgan fingerprint density at radius 2 is 1.95 bits per heavy atom. The molecule has 0 unspecified atom stereocenters. The van der Waals surface area contributed by atoms with Gasteiger partial charge in [-0.05, 0) is 6.92 Å². The first-order valence-corrected chi connectivity index (χ1v) is 7.44. The van der Waals surface area contributed by atoms with Crippen LogP contribution in [0.5, 0.6) is 0 Å². The molecule has 9 heteroatoms. The van der Waals surface area contributed by atoms with Gasteiger partial charge in [-0.3, -0.25) is 0 Å². The van der Waals surface area contributed by atoms with E-state index in [0.29, 0.717) is 5.82 Å². The fraction of sp³-hybridized carbons (Fsp3) is 0.727. The van der Waals surface area contributed by atoms with E-state index in [1.165, 1.54) is 13.1 Å². The summed E-state index contributed by atoms with van der Waals surface area (Å²) in [7, 11) is -2.14. The molecule has 5 nitrogen and oxygen atoms in total. The molecule has 0 atom stereocenters. The SMILES string of the molecule is Cc1nc(S(=O)(=O)N2CC(C)(CC(F)(F)F)C2)cn1C. The van der Waals surface area contributed by atoms with Crippen molar-refractivity contribution in [2.45, 2.75) is 31.5 Å². The van der Waals surface area contributed by atoms with Crippen LogP contribution < -0.4 is 0 Å². The lowest BCUT2D eigenvalue weighted by molar-refractivity contribution is -0.169. The van der Waals surface area contributed by atoms with Crippen molar-refractivity contribution >= 4 is 10.0 Å². The van der Waals surface area contributed by atoms with Gasteiger partial charge in [-0.25, -0.2) is 13.4 Å². The Kier molecular flexibility index (Phi) is 3.41. The second kappa shape index (κ2) is 4.45. The maximum atomic E-state index is 12.4. The third kappa shape index (κ3) is 2.83. The molecule has 1 fully saturated rings. The van der Waals surface area contributed by atoms with Crippen molar-refractivity contribution in [1.29, 1.82) is 0 Å². The van der Waals surface area contributed by atoms with E-state index < -0.39 is 28.0 Å². The van der Waals surface area contributed by atoms with Gasteiger partial charge in [0.1, 0.15) is 5.82 Å². The van der Waals surface area contributed by atoms with Gasteiger partial charge in [0.05, 0.1) is 6.42 Å². The quantitative estimate of drug-likeness (QED) is 0.853. The summed E-state index contributed by atoms with van der Waals surface area (Å²) in [6, 6.07) is 0. The number of hydrogen-bond donors (Lipinski definition) is 0. The third-order valence-electron chi connectivity index (χ3n) is 3.43. The van der Waals surface area contributed by atoms with Crippen LogP contribution in [0, 0.1) is 12.3 Å². The maximum absolute atomic E-state index is 12.4. The first-order chi connectivity index (χ1) is 8.93. The normalized spacial score (nSPS) is 19.9. The Labute approximate surface area is 115 Å². The number of hydrogen-bond acceptors (Lipinski definition) is 3.